The summed E-state index contributed by atoms with van der Waals surface area (Å²) in [5, 5.41) is 0. The minimum atomic E-state index is -0.357. The van der Waals surface area contributed by atoms with E-state index >= 15 is 0 Å². The van der Waals surface area contributed by atoms with E-state index in [0.29, 0.717) is 37.3 Å². The average Bonchev–Trinajstić information content (AvgIpc) is 2.66. The number of methoxy groups -OCH3 is 1. The van der Waals surface area contributed by atoms with E-state index in [4.69, 9.17) is 9.47 Å². The van der Waals surface area contributed by atoms with Crippen LogP contribution in [0, 0.1) is 0 Å². The number of hydrogen-bond acceptors (Lipinski definition) is 4. The zero-order valence-corrected chi connectivity index (χ0v) is 12.3. The fraction of sp³-hybridized carbons (Fsp3) is 0.375. The molecule has 1 aromatic rings. The molecule has 112 valence electrons. The number of nitrogens with zero attached hydrogens (tertiary/aromatic N) is 1. The molecule has 5 nitrogen and oxygen atoms in total. The third kappa shape index (κ3) is 3.42. The predicted octanol–water partition coefficient (Wildman–Crippen LogP) is 2.31. The maximum absolute atomic E-state index is 12.2. The second-order valence-electron chi connectivity index (χ2n) is 4.65. The molecule has 0 saturated carbocycles. The van der Waals surface area contributed by atoms with Gasteiger partial charge >= 0.3 is 5.97 Å². The van der Waals surface area contributed by atoms with Crippen LogP contribution in [-0.4, -0.2) is 32.1 Å². The Bertz CT molecular complexity index is 565. The van der Waals surface area contributed by atoms with E-state index in [1.165, 1.54) is 7.11 Å². The summed E-state index contributed by atoms with van der Waals surface area (Å²) in [6.45, 7) is 2.58. The largest absolute Gasteiger partial charge is 0.491 e. The quantitative estimate of drug-likeness (QED) is 0.630. The lowest BCUT2D eigenvalue weighted by atomic mass is 10.2. The van der Waals surface area contributed by atoms with Crippen LogP contribution in [0.1, 0.15) is 19.8 Å². The van der Waals surface area contributed by atoms with Crippen molar-refractivity contribution >= 4 is 17.6 Å². The van der Waals surface area contributed by atoms with Gasteiger partial charge in [-0.1, -0.05) is 25.1 Å². The van der Waals surface area contributed by atoms with Crippen molar-refractivity contribution in [3.63, 3.8) is 0 Å². The molecular formula is C16H19NO4. The highest BCUT2D eigenvalue weighted by molar-refractivity contribution is 5.96. The van der Waals surface area contributed by atoms with Crippen molar-refractivity contribution < 1.29 is 19.1 Å². The minimum Gasteiger partial charge on any atom is -0.491 e. The molecule has 1 aromatic carbocycles. The first kappa shape index (κ1) is 15.1. The Labute approximate surface area is 124 Å². The van der Waals surface area contributed by atoms with Crippen molar-refractivity contribution in [3.8, 4) is 5.75 Å². The summed E-state index contributed by atoms with van der Waals surface area (Å²) in [7, 11) is 1.35. The van der Waals surface area contributed by atoms with E-state index in [0.717, 1.165) is 5.69 Å². The summed E-state index contributed by atoms with van der Waals surface area (Å²) in [6.07, 6.45) is 2.63. The van der Waals surface area contributed by atoms with Gasteiger partial charge in [-0.05, 0) is 18.6 Å². The van der Waals surface area contributed by atoms with E-state index in [1.807, 2.05) is 31.2 Å². The molecule has 0 spiro atoms. The Morgan fingerprint density at radius 3 is 2.90 bits per heavy atom. The molecule has 0 N–H and O–H groups in total. The highest BCUT2D eigenvalue weighted by Crippen LogP contribution is 2.30. The first-order valence-electron chi connectivity index (χ1n) is 6.97. The van der Waals surface area contributed by atoms with Crippen LogP contribution in [0.4, 0.5) is 5.69 Å². The van der Waals surface area contributed by atoms with Crippen molar-refractivity contribution in [1.29, 1.82) is 0 Å². The van der Waals surface area contributed by atoms with Crippen molar-refractivity contribution in [2.24, 2.45) is 0 Å². The zero-order valence-electron chi connectivity index (χ0n) is 12.3. The third-order valence-corrected chi connectivity index (χ3v) is 3.38. The van der Waals surface area contributed by atoms with Crippen LogP contribution >= 0.6 is 0 Å². The summed E-state index contributed by atoms with van der Waals surface area (Å²) in [5.74, 6) is 0.314. The Kier molecular flexibility index (Phi) is 4.98. The predicted molar refractivity (Wildman–Crippen MR) is 79.3 cm³/mol. The number of ether oxygens (including phenoxy) is 2. The molecule has 2 rings (SSSR count). The lowest BCUT2D eigenvalue weighted by Crippen LogP contribution is -2.30. The molecule has 0 aromatic heterocycles. The number of hydrogen-bond donors (Lipinski definition) is 0. The second kappa shape index (κ2) is 6.92. The number of carbonyl (C=O) groups is 2. The van der Waals surface area contributed by atoms with Gasteiger partial charge < -0.3 is 14.4 Å². The van der Waals surface area contributed by atoms with Crippen LogP contribution in [0.5, 0.6) is 5.75 Å². The van der Waals surface area contributed by atoms with Crippen LogP contribution in [0.15, 0.2) is 35.9 Å². The Morgan fingerprint density at radius 2 is 2.19 bits per heavy atom. The third-order valence-electron chi connectivity index (χ3n) is 3.38. The zero-order chi connectivity index (χ0) is 15.2. The number of esters is 1. The summed E-state index contributed by atoms with van der Waals surface area (Å²) < 4.78 is 10.3. The second-order valence-corrected chi connectivity index (χ2v) is 4.65. The van der Waals surface area contributed by atoms with E-state index in [1.54, 1.807) is 11.0 Å². The number of benzene rings is 1. The van der Waals surface area contributed by atoms with Gasteiger partial charge in [0, 0.05) is 12.1 Å². The van der Waals surface area contributed by atoms with E-state index in [-0.39, 0.29) is 11.9 Å². The molecule has 0 unspecified atom stereocenters. The van der Waals surface area contributed by atoms with Gasteiger partial charge in [-0.15, -0.1) is 0 Å². The molecule has 1 aliphatic heterocycles. The van der Waals surface area contributed by atoms with E-state index in [9.17, 15) is 9.59 Å². The average molecular weight is 289 g/mol. The number of para-hydroxylation sites is 2. The molecule has 21 heavy (non-hydrogen) atoms. The van der Waals surface area contributed by atoms with Gasteiger partial charge in [0.2, 0.25) is 5.91 Å². The van der Waals surface area contributed by atoms with Crippen molar-refractivity contribution in [1.82, 2.24) is 0 Å². The highest BCUT2D eigenvalue weighted by Gasteiger charge is 2.22. The topological polar surface area (TPSA) is 55.8 Å². The summed E-state index contributed by atoms with van der Waals surface area (Å²) in [6, 6.07) is 7.41. The number of rotatable bonds is 4. The van der Waals surface area contributed by atoms with Crippen molar-refractivity contribution in [2.45, 2.75) is 19.8 Å². The Balaban J connectivity index is 2.27. The monoisotopic (exact) mass is 289 g/mol. The molecular weight excluding hydrogens is 270 g/mol. The van der Waals surface area contributed by atoms with Gasteiger partial charge in [0.15, 0.2) is 0 Å². The number of fused-ring (bicyclic) bond motifs is 1. The lowest BCUT2D eigenvalue weighted by molar-refractivity contribution is -0.136. The summed E-state index contributed by atoms with van der Waals surface area (Å²) >= 11 is 0. The molecule has 1 heterocycles. The SMILES string of the molecule is CCC(=CCN1C(=O)CCOc2ccccc21)C(=O)OC. The standard InChI is InChI=1S/C16H19NO4/c1-3-12(16(19)20-2)8-10-17-13-6-4-5-7-14(13)21-11-9-15(17)18/h4-8H,3,9-11H2,1-2H3. The van der Waals surface area contributed by atoms with Gasteiger partial charge in [-0.25, -0.2) is 4.79 Å². The van der Waals surface area contributed by atoms with Gasteiger partial charge in [0.1, 0.15) is 5.75 Å². The van der Waals surface area contributed by atoms with Gasteiger partial charge in [0.25, 0.3) is 0 Å². The van der Waals surface area contributed by atoms with Gasteiger partial charge in [-0.3, -0.25) is 4.79 Å². The normalized spacial score (nSPS) is 15.0. The van der Waals surface area contributed by atoms with Crippen LogP contribution in [0.3, 0.4) is 0 Å². The van der Waals surface area contributed by atoms with Crippen molar-refractivity contribution in [2.75, 3.05) is 25.2 Å². The summed E-state index contributed by atoms with van der Waals surface area (Å²) in [4.78, 5) is 25.4. The van der Waals surface area contributed by atoms with E-state index < -0.39 is 0 Å². The number of anilines is 1. The molecule has 0 atom stereocenters. The molecule has 0 bridgehead atoms. The summed E-state index contributed by atoms with van der Waals surface area (Å²) in [5.41, 5.74) is 1.30. The van der Waals surface area contributed by atoms with Crippen LogP contribution < -0.4 is 9.64 Å². The number of carbonyl (C=O) groups excluding carboxylic acids is 2. The lowest BCUT2D eigenvalue weighted by Gasteiger charge is -2.20. The van der Waals surface area contributed by atoms with Crippen LogP contribution in [0.2, 0.25) is 0 Å². The van der Waals surface area contributed by atoms with Gasteiger partial charge in [0.05, 0.1) is 25.8 Å². The van der Waals surface area contributed by atoms with E-state index in [2.05, 4.69) is 0 Å². The molecule has 1 aliphatic rings. The molecule has 0 radical (unpaired) electrons. The molecule has 0 fully saturated rings. The smallest absolute Gasteiger partial charge is 0.333 e. The Morgan fingerprint density at radius 1 is 1.43 bits per heavy atom. The van der Waals surface area contributed by atoms with Gasteiger partial charge in [-0.2, -0.15) is 0 Å². The molecule has 5 heteroatoms. The first-order valence-corrected chi connectivity index (χ1v) is 6.97. The van der Waals surface area contributed by atoms with Crippen LogP contribution in [-0.2, 0) is 14.3 Å². The fourth-order valence-electron chi connectivity index (χ4n) is 2.22. The number of amides is 1. The van der Waals surface area contributed by atoms with Crippen LogP contribution in [0.25, 0.3) is 0 Å². The minimum absolute atomic E-state index is 0.0171. The fourth-order valence-corrected chi connectivity index (χ4v) is 2.22. The molecule has 1 amide bonds. The maximum Gasteiger partial charge on any atom is 0.333 e. The first-order chi connectivity index (χ1) is 10.2. The van der Waals surface area contributed by atoms with Crippen molar-refractivity contribution in [3.05, 3.63) is 35.9 Å². The maximum atomic E-state index is 12.2. The Hall–Kier alpha value is -2.30. The molecule has 0 aliphatic carbocycles. The highest BCUT2D eigenvalue weighted by atomic mass is 16.5. The molecule has 0 saturated heterocycles.